The van der Waals surface area contributed by atoms with Gasteiger partial charge in [-0.05, 0) is 49.9 Å². The second-order valence-electron chi connectivity index (χ2n) is 7.51. The van der Waals surface area contributed by atoms with E-state index in [0.29, 0.717) is 5.69 Å². The summed E-state index contributed by atoms with van der Waals surface area (Å²) in [7, 11) is 3.52. The van der Waals surface area contributed by atoms with Gasteiger partial charge in [0.15, 0.2) is 0 Å². The molecule has 0 aliphatic carbocycles. The number of hydrogen-bond acceptors (Lipinski definition) is 5. The van der Waals surface area contributed by atoms with Crippen molar-refractivity contribution in [3.63, 3.8) is 0 Å². The number of carbonyl (C=O) groups excluding carboxylic acids is 1. The fraction of sp³-hybridized carbons (Fsp3) is 0.304. The standard InChI is InChI=1S/C23H26N4O2/c1-16-14-21(25-22-15-18(6-9-20(16)22)24-23(28)29-3)17-4-7-19(8-5-17)27-12-10-26(2)11-13-27/h4-9,14-15H,10-13H2,1-3H3,(H,24,28). The number of nitrogens with one attached hydrogen (secondary N) is 1. The average Bonchev–Trinajstić information content (AvgIpc) is 2.74. The lowest BCUT2D eigenvalue weighted by Crippen LogP contribution is -2.44. The van der Waals surface area contributed by atoms with Crippen molar-refractivity contribution in [2.24, 2.45) is 0 Å². The lowest BCUT2D eigenvalue weighted by molar-refractivity contribution is 0.187. The van der Waals surface area contributed by atoms with Gasteiger partial charge in [-0.15, -0.1) is 0 Å². The molecular weight excluding hydrogens is 364 g/mol. The second-order valence-corrected chi connectivity index (χ2v) is 7.51. The van der Waals surface area contributed by atoms with Gasteiger partial charge in [0.1, 0.15) is 0 Å². The molecule has 0 atom stereocenters. The Balaban J connectivity index is 1.62. The van der Waals surface area contributed by atoms with Crippen LogP contribution in [0.15, 0.2) is 48.5 Å². The smallest absolute Gasteiger partial charge is 0.411 e. The van der Waals surface area contributed by atoms with E-state index in [2.05, 4.69) is 64.2 Å². The van der Waals surface area contributed by atoms with E-state index >= 15 is 0 Å². The number of likely N-dealkylation sites (N-methyl/N-ethyl adjacent to an activating group) is 1. The number of amides is 1. The van der Waals surface area contributed by atoms with Gasteiger partial charge in [0.25, 0.3) is 0 Å². The first-order valence-corrected chi connectivity index (χ1v) is 9.84. The molecule has 2 heterocycles. The van der Waals surface area contributed by atoms with Crippen LogP contribution in [-0.4, -0.2) is 56.3 Å². The highest BCUT2D eigenvalue weighted by molar-refractivity contribution is 5.91. The zero-order valence-electron chi connectivity index (χ0n) is 17.1. The number of carbonyl (C=O) groups is 1. The number of methoxy groups -OCH3 is 1. The van der Waals surface area contributed by atoms with Gasteiger partial charge in [-0.25, -0.2) is 9.78 Å². The predicted octanol–water partition coefficient (Wildman–Crippen LogP) is 4.14. The number of piperazine rings is 1. The molecule has 29 heavy (non-hydrogen) atoms. The van der Waals surface area contributed by atoms with Crippen LogP contribution in [0.2, 0.25) is 0 Å². The summed E-state index contributed by atoms with van der Waals surface area (Å²) in [5.74, 6) is 0. The zero-order chi connectivity index (χ0) is 20.4. The molecule has 1 amide bonds. The van der Waals surface area contributed by atoms with Crippen LogP contribution in [0.3, 0.4) is 0 Å². The summed E-state index contributed by atoms with van der Waals surface area (Å²) >= 11 is 0. The summed E-state index contributed by atoms with van der Waals surface area (Å²) < 4.78 is 4.67. The van der Waals surface area contributed by atoms with Crippen LogP contribution in [0.1, 0.15) is 5.56 Å². The molecular formula is C23H26N4O2. The van der Waals surface area contributed by atoms with E-state index in [0.717, 1.165) is 53.9 Å². The third-order valence-electron chi connectivity index (χ3n) is 5.48. The largest absolute Gasteiger partial charge is 0.453 e. The minimum atomic E-state index is -0.489. The first-order chi connectivity index (χ1) is 14.0. The van der Waals surface area contributed by atoms with Crippen molar-refractivity contribution in [1.82, 2.24) is 9.88 Å². The second kappa shape index (κ2) is 8.09. The number of aryl methyl sites for hydroxylation is 1. The maximum Gasteiger partial charge on any atom is 0.411 e. The Morgan fingerprint density at radius 1 is 1.03 bits per heavy atom. The van der Waals surface area contributed by atoms with Crippen molar-refractivity contribution in [3.8, 4) is 11.3 Å². The molecule has 1 aromatic heterocycles. The van der Waals surface area contributed by atoms with E-state index < -0.39 is 6.09 Å². The molecule has 2 aromatic carbocycles. The van der Waals surface area contributed by atoms with Crippen molar-refractivity contribution in [2.75, 3.05) is 50.6 Å². The quantitative estimate of drug-likeness (QED) is 0.728. The van der Waals surface area contributed by atoms with Gasteiger partial charge < -0.3 is 14.5 Å². The van der Waals surface area contributed by atoms with Gasteiger partial charge in [0.05, 0.1) is 18.3 Å². The summed E-state index contributed by atoms with van der Waals surface area (Å²) in [4.78, 5) is 21.1. The van der Waals surface area contributed by atoms with E-state index in [9.17, 15) is 4.79 Å². The van der Waals surface area contributed by atoms with Gasteiger partial charge in [0.2, 0.25) is 0 Å². The fourth-order valence-corrected chi connectivity index (χ4v) is 3.70. The highest BCUT2D eigenvalue weighted by atomic mass is 16.5. The Morgan fingerprint density at radius 2 is 1.76 bits per heavy atom. The van der Waals surface area contributed by atoms with Crippen LogP contribution in [0.25, 0.3) is 22.2 Å². The normalized spacial score (nSPS) is 14.8. The van der Waals surface area contributed by atoms with Crippen LogP contribution in [0, 0.1) is 6.92 Å². The molecule has 1 fully saturated rings. The molecule has 1 saturated heterocycles. The molecule has 0 saturated carbocycles. The molecule has 0 bridgehead atoms. The first kappa shape index (κ1) is 19.2. The summed E-state index contributed by atoms with van der Waals surface area (Å²) in [5, 5.41) is 3.77. The van der Waals surface area contributed by atoms with Crippen molar-refractivity contribution < 1.29 is 9.53 Å². The number of nitrogens with zero attached hydrogens (tertiary/aromatic N) is 3. The lowest BCUT2D eigenvalue weighted by Gasteiger charge is -2.34. The third-order valence-corrected chi connectivity index (χ3v) is 5.48. The van der Waals surface area contributed by atoms with Crippen LogP contribution in [-0.2, 0) is 4.74 Å². The van der Waals surface area contributed by atoms with Crippen LogP contribution in [0.5, 0.6) is 0 Å². The van der Waals surface area contributed by atoms with Crippen molar-refractivity contribution >= 4 is 28.4 Å². The number of pyridine rings is 1. The maximum absolute atomic E-state index is 11.5. The van der Waals surface area contributed by atoms with Gasteiger partial charge in [-0.3, -0.25) is 5.32 Å². The minimum absolute atomic E-state index is 0.489. The fourth-order valence-electron chi connectivity index (χ4n) is 3.70. The SMILES string of the molecule is COC(=O)Nc1ccc2c(C)cc(-c3ccc(N4CCN(C)CC4)cc3)nc2c1. The predicted molar refractivity (Wildman–Crippen MR) is 118 cm³/mol. The highest BCUT2D eigenvalue weighted by Crippen LogP contribution is 2.28. The van der Waals surface area contributed by atoms with Crippen LogP contribution < -0.4 is 10.2 Å². The molecule has 4 rings (SSSR count). The lowest BCUT2D eigenvalue weighted by atomic mass is 10.0. The summed E-state index contributed by atoms with van der Waals surface area (Å²) in [6, 6.07) is 16.5. The molecule has 1 aliphatic rings. The Kier molecular flexibility index (Phi) is 5.36. The van der Waals surface area contributed by atoms with Crippen molar-refractivity contribution in [3.05, 3.63) is 54.1 Å². The van der Waals surface area contributed by atoms with E-state index in [1.165, 1.54) is 12.8 Å². The molecule has 0 spiro atoms. The monoisotopic (exact) mass is 390 g/mol. The van der Waals surface area contributed by atoms with Crippen LogP contribution in [0.4, 0.5) is 16.2 Å². The number of fused-ring (bicyclic) bond motifs is 1. The molecule has 3 aromatic rings. The molecule has 1 N–H and O–H groups in total. The number of hydrogen-bond donors (Lipinski definition) is 1. The van der Waals surface area contributed by atoms with Crippen molar-refractivity contribution in [1.29, 1.82) is 0 Å². The molecule has 1 aliphatic heterocycles. The molecule has 0 radical (unpaired) electrons. The number of anilines is 2. The minimum Gasteiger partial charge on any atom is -0.453 e. The number of aromatic nitrogens is 1. The molecule has 0 unspecified atom stereocenters. The van der Waals surface area contributed by atoms with E-state index in [1.807, 2.05) is 18.2 Å². The Labute approximate surface area is 171 Å². The average molecular weight is 390 g/mol. The molecule has 6 heteroatoms. The molecule has 150 valence electrons. The van der Waals surface area contributed by atoms with Gasteiger partial charge in [-0.1, -0.05) is 18.2 Å². The topological polar surface area (TPSA) is 57.7 Å². The van der Waals surface area contributed by atoms with E-state index in [4.69, 9.17) is 4.98 Å². The Morgan fingerprint density at radius 3 is 2.45 bits per heavy atom. The molecule has 6 nitrogen and oxygen atoms in total. The Bertz CT molecular complexity index is 1020. The third kappa shape index (κ3) is 4.17. The van der Waals surface area contributed by atoms with Gasteiger partial charge in [0, 0.05) is 48.5 Å². The van der Waals surface area contributed by atoms with Gasteiger partial charge in [-0.2, -0.15) is 0 Å². The van der Waals surface area contributed by atoms with Gasteiger partial charge >= 0.3 is 6.09 Å². The van der Waals surface area contributed by atoms with Crippen molar-refractivity contribution in [2.45, 2.75) is 6.92 Å². The van der Waals surface area contributed by atoms with E-state index in [1.54, 1.807) is 0 Å². The summed E-state index contributed by atoms with van der Waals surface area (Å²) in [6.45, 7) is 6.38. The number of ether oxygens (including phenoxy) is 1. The van der Waals surface area contributed by atoms with Crippen LogP contribution >= 0.6 is 0 Å². The summed E-state index contributed by atoms with van der Waals surface area (Å²) in [6.07, 6.45) is -0.489. The first-order valence-electron chi connectivity index (χ1n) is 9.84. The number of benzene rings is 2. The maximum atomic E-state index is 11.5. The zero-order valence-corrected chi connectivity index (χ0v) is 17.1. The summed E-state index contributed by atoms with van der Waals surface area (Å²) in [5.41, 5.74) is 5.92. The highest BCUT2D eigenvalue weighted by Gasteiger charge is 2.14. The van der Waals surface area contributed by atoms with E-state index in [-0.39, 0.29) is 0 Å². The number of rotatable bonds is 3. The Hall–Kier alpha value is -3.12.